The number of carbonyl (C=O) groups excluding carboxylic acids is 1. The fraction of sp³-hybridized carbons (Fsp3) is 0.0833. The van der Waals surface area contributed by atoms with Crippen molar-refractivity contribution in [3.63, 3.8) is 0 Å². The maximum atomic E-state index is 10.7. The number of Topliss-reactive ketones (excluding diaryl/α,β-unsaturated/α-hetero) is 1. The van der Waals surface area contributed by atoms with E-state index in [1.807, 2.05) is 24.3 Å². The molecule has 1 aromatic heterocycles. The highest BCUT2D eigenvalue weighted by Gasteiger charge is 2.00. The van der Waals surface area contributed by atoms with Gasteiger partial charge >= 0.3 is 0 Å². The van der Waals surface area contributed by atoms with Crippen molar-refractivity contribution in [3.05, 3.63) is 36.1 Å². The van der Waals surface area contributed by atoms with Gasteiger partial charge in [0.2, 0.25) is 5.78 Å². The summed E-state index contributed by atoms with van der Waals surface area (Å²) < 4.78 is 5.27. The summed E-state index contributed by atoms with van der Waals surface area (Å²) in [6.07, 6.45) is 1.61. The molecule has 0 spiro atoms. The quantitative estimate of drug-likeness (QED) is 0.588. The first-order valence-electron chi connectivity index (χ1n) is 4.26. The van der Waals surface area contributed by atoms with Crippen LogP contribution in [0.1, 0.15) is 12.5 Å². The first-order valence-corrected chi connectivity index (χ1v) is 4.26. The van der Waals surface area contributed by atoms with E-state index in [2.05, 4.69) is 11.8 Å². The second-order valence-electron chi connectivity index (χ2n) is 2.95. The summed E-state index contributed by atoms with van der Waals surface area (Å²) in [7, 11) is 0. The normalized spacial score (nSPS) is 9.50. The molecule has 0 saturated heterocycles. The van der Waals surface area contributed by atoms with Gasteiger partial charge in [0.15, 0.2) is 0 Å². The van der Waals surface area contributed by atoms with Crippen molar-refractivity contribution in [1.29, 1.82) is 0 Å². The lowest BCUT2D eigenvalue weighted by atomic mass is 10.1. The molecule has 1 heterocycles. The van der Waals surface area contributed by atoms with Crippen molar-refractivity contribution in [2.45, 2.75) is 6.92 Å². The van der Waals surface area contributed by atoms with Crippen LogP contribution in [0.25, 0.3) is 11.0 Å². The highest BCUT2D eigenvalue weighted by molar-refractivity contribution is 5.95. The molecule has 2 nitrogen and oxygen atoms in total. The molecule has 0 aliphatic heterocycles. The average Bonchev–Trinajstić information content (AvgIpc) is 2.62. The first-order chi connectivity index (χ1) is 6.77. The molecule has 2 aromatic rings. The summed E-state index contributed by atoms with van der Waals surface area (Å²) in [5, 5.41) is 1.00. The summed E-state index contributed by atoms with van der Waals surface area (Å²) in [5.41, 5.74) is 1.49. The lowest BCUT2D eigenvalue weighted by molar-refractivity contribution is -0.111. The molecule has 0 aliphatic carbocycles. The Balaban J connectivity index is 2.58. The van der Waals surface area contributed by atoms with E-state index in [0.29, 0.717) is 0 Å². The molecule has 0 fully saturated rings. The molecule has 0 atom stereocenters. The maximum Gasteiger partial charge on any atom is 0.202 e. The minimum Gasteiger partial charge on any atom is -0.463 e. The van der Waals surface area contributed by atoms with E-state index in [1.165, 1.54) is 6.92 Å². The van der Waals surface area contributed by atoms with Gasteiger partial charge in [-0.15, -0.1) is 0 Å². The molecule has 2 heteroatoms. The van der Waals surface area contributed by atoms with E-state index in [9.17, 15) is 4.79 Å². The Kier molecular flexibility index (Phi) is 2.08. The highest BCUT2D eigenvalue weighted by atomic mass is 16.3. The second-order valence-corrected chi connectivity index (χ2v) is 2.95. The monoisotopic (exact) mass is 184 g/mol. The second kappa shape index (κ2) is 3.39. The van der Waals surface area contributed by atoms with Crippen LogP contribution in [0.2, 0.25) is 0 Å². The molecule has 0 aliphatic rings. The van der Waals surface area contributed by atoms with Gasteiger partial charge in [0.1, 0.15) is 5.58 Å². The zero-order valence-electron chi connectivity index (χ0n) is 7.70. The summed E-state index contributed by atoms with van der Waals surface area (Å²) in [6, 6.07) is 7.54. The summed E-state index contributed by atoms with van der Waals surface area (Å²) in [5.74, 6) is 5.13. The molecule has 0 N–H and O–H groups in total. The van der Waals surface area contributed by atoms with E-state index in [0.717, 1.165) is 16.5 Å². The molecular formula is C12H8O2. The highest BCUT2D eigenvalue weighted by Crippen LogP contribution is 2.18. The third kappa shape index (κ3) is 1.53. The molecule has 0 saturated carbocycles. The van der Waals surface area contributed by atoms with Crippen molar-refractivity contribution in [2.24, 2.45) is 0 Å². The van der Waals surface area contributed by atoms with Crippen LogP contribution >= 0.6 is 0 Å². The van der Waals surface area contributed by atoms with E-state index >= 15 is 0 Å². The number of furan rings is 1. The average molecular weight is 184 g/mol. The number of hydrogen-bond donors (Lipinski definition) is 0. The Morgan fingerprint density at radius 1 is 1.36 bits per heavy atom. The van der Waals surface area contributed by atoms with Gasteiger partial charge in [0.25, 0.3) is 0 Å². The smallest absolute Gasteiger partial charge is 0.202 e. The Labute approximate surface area is 81.5 Å². The Bertz CT molecular complexity index is 538. The Morgan fingerprint density at radius 3 is 3.00 bits per heavy atom. The summed E-state index contributed by atoms with van der Waals surface area (Å²) in [6.45, 7) is 1.44. The van der Waals surface area contributed by atoms with Gasteiger partial charge in [-0.2, -0.15) is 0 Å². The third-order valence-corrected chi connectivity index (χ3v) is 1.85. The zero-order chi connectivity index (χ0) is 9.97. The summed E-state index contributed by atoms with van der Waals surface area (Å²) >= 11 is 0. The minimum absolute atomic E-state index is 0.145. The van der Waals surface area contributed by atoms with Gasteiger partial charge in [0.05, 0.1) is 11.8 Å². The maximum absolute atomic E-state index is 10.7. The fourth-order valence-electron chi connectivity index (χ4n) is 1.25. The standard InChI is InChI=1S/C12H8O2/c1-9(13)5-6-10-3-2-4-11-7-8-14-12(10)11/h2-4,7-8H,1H3. The molecular weight excluding hydrogens is 176 g/mol. The van der Waals surface area contributed by atoms with Gasteiger partial charge in [-0.3, -0.25) is 4.79 Å². The van der Waals surface area contributed by atoms with Crippen LogP contribution in [-0.4, -0.2) is 5.78 Å². The van der Waals surface area contributed by atoms with Gasteiger partial charge in [-0.1, -0.05) is 18.1 Å². The molecule has 0 unspecified atom stereocenters. The Hall–Kier alpha value is -2.01. The number of benzene rings is 1. The SMILES string of the molecule is CC(=O)C#Cc1cccc2ccoc12. The van der Waals surface area contributed by atoms with Crippen LogP contribution in [0, 0.1) is 11.8 Å². The molecule has 14 heavy (non-hydrogen) atoms. The molecule has 0 amide bonds. The van der Waals surface area contributed by atoms with Gasteiger partial charge in [0, 0.05) is 12.3 Å². The molecule has 0 bridgehead atoms. The van der Waals surface area contributed by atoms with E-state index in [4.69, 9.17) is 4.42 Å². The molecule has 2 rings (SSSR count). The number of ketones is 1. The van der Waals surface area contributed by atoms with Crippen LogP contribution in [0.5, 0.6) is 0 Å². The predicted octanol–water partition coefficient (Wildman–Crippen LogP) is 2.37. The third-order valence-electron chi connectivity index (χ3n) is 1.85. The van der Waals surface area contributed by atoms with Crippen molar-refractivity contribution < 1.29 is 9.21 Å². The van der Waals surface area contributed by atoms with Gasteiger partial charge in [-0.25, -0.2) is 0 Å². The molecule has 0 radical (unpaired) electrons. The fourth-order valence-corrected chi connectivity index (χ4v) is 1.25. The lowest BCUT2D eigenvalue weighted by Crippen LogP contribution is -1.82. The number of rotatable bonds is 0. The van der Waals surface area contributed by atoms with Gasteiger partial charge < -0.3 is 4.42 Å². The van der Waals surface area contributed by atoms with Crippen LogP contribution in [0.3, 0.4) is 0 Å². The molecule has 68 valence electrons. The zero-order valence-corrected chi connectivity index (χ0v) is 7.70. The van der Waals surface area contributed by atoms with E-state index in [-0.39, 0.29) is 5.78 Å². The number of carbonyl (C=O) groups is 1. The van der Waals surface area contributed by atoms with E-state index < -0.39 is 0 Å². The summed E-state index contributed by atoms with van der Waals surface area (Å²) in [4.78, 5) is 10.7. The Morgan fingerprint density at radius 2 is 2.21 bits per heavy atom. The topological polar surface area (TPSA) is 30.2 Å². The van der Waals surface area contributed by atoms with Crippen LogP contribution in [0.15, 0.2) is 34.9 Å². The number of fused-ring (bicyclic) bond motifs is 1. The van der Waals surface area contributed by atoms with Crippen molar-refractivity contribution in [1.82, 2.24) is 0 Å². The molecule has 1 aromatic carbocycles. The minimum atomic E-state index is -0.145. The van der Waals surface area contributed by atoms with Crippen molar-refractivity contribution >= 4 is 16.8 Å². The van der Waals surface area contributed by atoms with Crippen LogP contribution in [0.4, 0.5) is 0 Å². The number of hydrogen-bond acceptors (Lipinski definition) is 2. The van der Waals surface area contributed by atoms with Crippen LogP contribution in [-0.2, 0) is 4.79 Å². The van der Waals surface area contributed by atoms with Crippen molar-refractivity contribution in [2.75, 3.05) is 0 Å². The van der Waals surface area contributed by atoms with Crippen LogP contribution < -0.4 is 0 Å². The van der Waals surface area contributed by atoms with Crippen molar-refractivity contribution in [3.8, 4) is 11.8 Å². The van der Waals surface area contributed by atoms with E-state index in [1.54, 1.807) is 6.26 Å². The van der Waals surface area contributed by atoms with Gasteiger partial charge in [-0.05, 0) is 18.1 Å². The largest absolute Gasteiger partial charge is 0.463 e. The lowest BCUT2D eigenvalue weighted by Gasteiger charge is -1.90. The predicted molar refractivity (Wildman–Crippen MR) is 53.8 cm³/mol. The number of para-hydroxylation sites is 1. The first kappa shape index (κ1) is 8.58.